The molecular weight excluding hydrogens is 286 g/mol. The lowest BCUT2D eigenvalue weighted by molar-refractivity contribution is -0.133. The molecule has 1 aromatic carbocycles. The number of likely N-dealkylation sites (tertiary alicyclic amines) is 1. The van der Waals surface area contributed by atoms with E-state index >= 15 is 0 Å². The zero-order chi connectivity index (χ0) is 15.6. The largest absolute Gasteiger partial charge is 0.342 e. The average Bonchev–Trinajstić information content (AvgIpc) is 2.53. The van der Waals surface area contributed by atoms with Gasteiger partial charge in [-0.05, 0) is 50.3 Å². The highest BCUT2D eigenvalue weighted by Gasteiger charge is 2.36. The summed E-state index contributed by atoms with van der Waals surface area (Å²) in [5, 5.41) is 3.38. The first-order valence-corrected chi connectivity index (χ1v) is 8.01. The molecule has 3 nitrogen and oxygen atoms in total. The van der Waals surface area contributed by atoms with Gasteiger partial charge in [0.05, 0.1) is 6.42 Å². The highest BCUT2D eigenvalue weighted by Crippen LogP contribution is 2.39. The zero-order valence-corrected chi connectivity index (χ0v) is 12.7. The molecule has 22 heavy (non-hydrogen) atoms. The fourth-order valence-corrected chi connectivity index (χ4v) is 3.65. The van der Waals surface area contributed by atoms with Crippen molar-refractivity contribution in [3.8, 4) is 0 Å². The Morgan fingerprint density at radius 1 is 1.14 bits per heavy atom. The summed E-state index contributed by atoms with van der Waals surface area (Å²) in [7, 11) is 0. The van der Waals surface area contributed by atoms with E-state index in [2.05, 4.69) is 5.32 Å². The Morgan fingerprint density at radius 2 is 1.82 bits per heavy atom. The van der Waals surface area contributed by atoms with Crippen LogP contribution in [0.15, 0.2) is 18.2 Å². The molecule has 0 saturated carbocycles. The lowest BCUT2D eigenvalue weighted by Crippen LogP contribution is -2.47. The summed E-state index contributed by atoms with van der Waals surface area (Å²) in [6, 6.07) is 4.00. The molecule has 0 unspecified atom stereocenters. The second kappa shape index (κ2) is 6.32. The summed E-state index contributed by atoms with van der Waals surface area (Å²) in [5.74, 6) is -1.89. The summed E-state index contributed by atoms with van der Waals surface area (Å²) in [4.78, 5) is 14.1. The molecule has 0 aromatic heterocycles. The molecule has 0 bridgehead atoms. The second-order valence-corrected chi connectivity index (χ2v) is 6.52. The van der Waals surface area contributed by atoms with E-state index in [9.17, 15) is 13.6 Å². The molecule has 0 aliphatic carbocycles. The van der Waals surface area contributed by atoms with E-state index in [1.807, 2.05) is 0 Å². The van der Waals surface area contributed by atoms with Crippen molar-refractivity contribution < 1.29 is 13.6 Å². The van der Waals surface area contributed by atoms with Crippen molar-refractivity contribution in [2.45, 2.75) is 32.1 Å². The SMILES string of the molecule is O=C(Cc1cccc(F)c1F)N1CCC2(CCNCC2)CC1. The third-order valence-corrected chi connectivity index (χ3v) is 5.21. The number of nitrogens with one attached hydrogen (secondary N) is 1. The number of rotatable bonds is 2. The zero-order valence-electron chi connectivity index (χ0n) is 12.7. The Bertz CT molecular complexity index is 546. The third kappa shape index (κ3) is 3.14. The number of piperidine rings is 2. The van der Waals surface area contributed by atoms with Gasteiger partial charge < -0.3 is 10.2 Å². The maximum atomic E-state index is 13.7. The minimum atomic E-state index is -0.900. The van der Waals surface area contributed by atoms with Crippen LogP contribution in [0.25, 0.3) is 0 Å². The normalized spacial score (nSPS) is 21.1. The molecule has 2 aliphatic heterocycles. The van der Waals surface area contributed by atoms with Gasteiger partial charge in [0.15, 0.2) is 11.6 Å². The summed E-state index contributed by atoms with van der Waals surface area (Å²) in [6.45, 7) is 3.58. The van der Waals surface area contributed by atoms with Crippen LogP contribution in [-0.2, 0) is 11.2 Å². The molecule has 5 heteroatoms. The van der Waals surface area contributed by atoms with Gasteiger partial charge in [-0.1, -0.05) is 12.1 Å². The quantitative estimate of drug-likeness (QED) is 0.910. The van der Waals surface area contributed by atoms with Gasteiger partial charge in [-0.15, -0.1) is 0 Å². The summed E-state index contributed by atoms with van der Waals surface area (Å²) < 4.78 is 26.9. The Labute approximate surface area is 129 Å². The Kier molecular flexibility index (Phi) is 4.43. The predicted octanol–water partition coefficient (Wildman–Crippen LogP) is 2.50. The van der Waals surface area contributed by atoms with Gasteiger partial charge in [0, 0.05) is 18.7 Å². The maximum Gasteiger partial charge on any atom is 0.227 e. The van der Waals surface area contributed by atoms with E-state index in [4.69, 9.17) is 0 Å². The minimum Gasteiger partial charge on any atom is -0.342 e. The number of carbonyl (C=O) groups is 1. The maximum absolute atomic E-state index is 13.7. The number of hydrogen-bond acceptors (Lipinski definition) is 2. The molecular formula is C17H22F2N2O. The number of hydrogen-bond donors (Lipinski definition) is 1. The van der Waals surface area contributed by atoms with Crippen molar-refractivity contribution in [3.63, 3.8) is 0 Å². The van der Waals surface area contributed by atoms with Crippen LogP contribution < -0.4 is 5.32 Å². The van der Waals surface area contributed by atoms with Crippen LogP contribution in [0, 0.1) is 17.0 Å². The first-order chi connectivity index (χ1) is 10.6. The van der Waals surface area contributed by atoms with Crippen molar-refractivity contribution in [2.75, 3.05) is 26.2 Å². The van der Waals surface area contributed by atoms with E-state index in [-0.39, 0.29) is 17.9 Å². The lowest BCUT2D eigenvalue weighted by Gasteiger charge is -2.44. The summed E-state index contributed by atoms with van der Waals surface area (Å²) in [5.41, 5.74) is 0.527. The van der Waals surface area contributed by atoms with E-state index in [0.29, 0.717) is 5.41 Å². The molecule has 0 atom stereocenters. The highest BCUT2D eigenvalue weighted by atomic mass is 19.2. The number of carbonyl (C=O) groups excluding carboxylic acids is 1. The topological polar surface area (TPSA) is 32.3 Å². The van der Waals surface area contributed by atoms with Crippen molar-refractivity contribution in [2.24, 2.45) is 5.41 Å². The van der Waals surface area contributed by atoms with Gasteiger partial charge in [0.25, 0.3) is 0 Å². The van der Waals surface area contributed by atoms with Crippen molar-refractivity contribution in [3.05, 3.63) is 35.4 Å². The monoisotopic (exact) mass is 308 g/mol. The number of nitrogens with zero attached hydrogens (tertiary/aromatic N) is 1. The van der Waals surface area contributed by atoms with Crippen LogP contribution in [-0.4, -0.2) is 37.0 Å². The van der Waals surface area contributed by atoms with Gasteiger partial charge in [0.2, 0.25) is 5.91 Å². The number of halogens is 2. The Morgan fingerprint density at radius 3 is 2.50 bits per heavy atom. The van der Waals surface area contributed by atoms with Crippen LogP contribution in [0.1, 0.15) is 31.2 Å². The molecule has 0 radical (unpaired) electrons. The molecule has 2 saturated heterocycles. The molecule has 3 rings (SSSR count). The average molecular weight is 308 g/mol. The van der Waals surface area contributed by atoms with Gasteiger partial charge >= 0.3 is 0 Å². The molecule has 1 amide bonds. The van der Waals surface area contributed by atoms with Crippen LogP contribution in [0.2, 0.25) is 0 Å². The number of benzene rings is 1. The fourth-order valence-electron chi connectivity index (χ4n) is 3.65. The van der Waals surface area contributed by atoms with Crippen molar-refractivity contribution in [1.29, 1.82) is 0 Å². The number of amides is 1. The van der Waals surface area contributed by atoms with Crippen LogP contribution >= 0.6 is 0 Å². The molecule has 2 aliphatic rings. The second-order valence-electron chi connectivity index (χ2n) is 6.52. The summed E-state index contributed by atoms with van der Waals surface area (Å²) >= 11 is 0. The lowest BCUT2D eigenvalue weighted by atomic mass is 9.71. The van der Waals surface area contributed by atoms with E-state index in [0.717, 1.165) is 45.1 Å². The van der Waals surface area contributed by atoms with E-state index in [1.165, 1.54) is 25.0 Å². The first kappa shape index (κ1) is 15.4. The van der Waals surface area contributed by atoms with Gasteiger partial charge in [0.1, 0.15) is 0 Å². The van der Waals surface area contributed by atoms with Gasteiger partial charge in [-0.2, -0.15) is 0 Å². The van der Waals surface area contributed by atoms with Crippen molar-refractivity contribution >= 4 is 5.91 Å². The molecule has 1 N–H and O–H groups in total. The molecule has 120 valence electrons. The summed E-state index contributed by atoms with van der Waals surface area (Å²) in [6.07, 6.45) is 4.33. The third-order valence-electron chi connectivity index (χ3n) is 5.21. The van der Waals surface area contributed by atoms with Gasteiger partial charge in [-0.3, -0.25) is 4.79 Å². The molecule has 2 heterocycles. The van der Waals surface area contributed by atoms with E-state index < -0.39 is 11.6 Å². The smallest absolute Gasteiger partial charge is 0.227 e. The Balaban J connectivity index is 1.59. The van der Waals surface area contributed by atoms with Crippen LogP contribution in [0.3, 0.4) is 0 Å². The first-order valence-electron chi connectivity index (χ1n) is 8.01. The van der Waals surface area contributed by atoms with E-state index in [1.54, 1.807) is 4.90 Å². The highest BCUT2D eigenvalue weighted by molar-refractivity contribution is 5.79. The fraction of sp³-hybridized carbons (Fsp3) is 0.588. The standard InChI is InChI=1S/C17H22F2N2O/c18-14-3-1-2-13(16(14)19)12-15(22)21-10-6-17(7-11-21)4-8-20-9-5-17/h1-3,20H,4-12H2. The van der Waals surface area contributed by atoms with Crippen LogP contribution in [0.4, 0.5) is 8.78 Å². The van der Waals surface area contributed by atoms with Crippen molar-refractivity contribution in [1.82, 2.24) is 10.2 Å². The van der Waals surface area contributed by atoms with Crippen LogP contribution in [0.5, 0.6) is 0 Å². The molecule has 1 aromatic rings. The Hall–Kier alpha value is -1.49. The molecule has 1 spiro atoms. The predicted molar refractivity (Wildman–Crippen MR) is 80.4 cm³/mol. The minimum absolute atomic E-state index is 0.0574. The molecule has 2 fully saturated rings. The van der Waals surface area contributed by atoms with Gasteiger partial charge in [-0.25, -0.2) is 8.78 Å².